The number of anilines is 2. The van der Waals surface area contributed by atoms with Crippen molar-refractivity contribution in [1.82, 2.24) is 0 Å². The van der Waals surface area contributed by atoms with Gasteiger partial charge in [0.25, 0.3) is 0 Å². The van der Waals surface area contributed by atoms with E-state index in [-0.39, 0.29) is 0 Å². The van der Waals surface area contributed by atoms with Gasteiger partial charge in [-0.25, -0.2) is 0 Å². The molecule has 0 aliphatic carbocycles. The summed E-state index contributed by atoms with van der Waals surface area (Å²) >= 11 is 5.09. The number of hydrogen-bond acceptors (Lipinski definition) is 3. The first kappa shape index (κ1) is 14.0. The van der Waals surface area contributed by atoms with Gasteiger partial charge in [-0.2, -0.15) is 5.26 Å². The predicted octanol–water partition coefficient (Wildman–Crippen LogP) is 5.18. The summed E-state index contributed by atoms with van der Waals surface area (Å²) in [4.78, 5) is 1.02. The Bertz CT molecular complexity index is 603. The predicted molar refractivity (Wildman–Crippen MR) is 85.0 cm³/mol. The molecule has 0 aromatic heterocycles. The van der Waals surface area contributed by atoms with E-state index in [4.69, 9.17) is 0 Å². The van der Waals surface area contributed by atoms with Crippen LogP contribution in [0.1, 0.15) is 12.5 Å². The number of nitrogens with zero attached hydrogens (tertiary/aromatic N) is 1. The van der Waals surface area contributed by atoms with Crippen LogP contribution >= 0.6 is 27.7 Å². The van der Waals surface area contributed by atoms with E-state index < -0.39 is 0 Å². The van der Waals surface area contributed by atoms with Crippen molar-refractivity contribution in [2.24, 2.45) is 0 Å². The van der Waals surface area contributed by atoms with Gasteiger partial charge in [-0.15, -0.1) is 11.8 Å². The molecule has 0 heterocycles. The number of nitriles is 1. The lowest BCUT2D eigenvalue weighted by atomic mass is 10.2. The average Bonchev–Trinajstić information content (AvgIpc) is 2.42. The summed E-state index contributed by atoms with van der Waals surface area (Å²) in [7, 11) is 0. The first-order valence-corrected chi connectivity index (χ1v) is 7.71. The van der Waals surface area contributed by atoms with Crippen LogP contribution in [-0.4, -0.2) is 5.75 Å². The molecule has 2 nitrogen and oxygen atoms in total. The maximum absolute atomic E-state index is 9.34. The van der Waals surface area contributed by atoms with Crippen molar-refractivity contribution in [3.05, 3.63) is 52.5 Å². The van der Waals surface area contributed by atoms with Gasteiger partial charge < -0.3 is 5.32 Å². The molecule has 4 heteroatoms. The highest BCUT2D eigenvalue weighted by atomic mass is 79.9. The van der Waals surface area contributed by atoms with Gasteiger partial charge in [0.2, 0.25) is 0 Å². The fraction of sp³-hybridized carbons (Fsp3) is 0.133. The van der Waals surface area contributed by atoms with E-state index in [1.54, 1.807) is 11.8 Å². The minimum Gasteiger partial charge on any atom is -0.354 e. The summed E-state index contributed by atoms with van der Waals surface area (Å²) in [6.07, 6.45) is 0. The van der Waals surface area contributed by atoms with Gasteiger partial charge in [0, 0.05) is 15.1 Å². The SMILES string of the molecule is CCSc1cccc(Nc2ccc(Br)cc2)c1C#N. The Morgan fingerprint density at radius 2 is 1.95 bits per heavy atom. The minimum atomic E-state index is 0.706. The minimum absolute atomic E-state index is 0.706. The summed E-state index contributed by atoms with van der Waals surface area (Å²) in [5.41, 5.74) is 2.53. The van der Waals surface area contributed by atoms with E-state index in [0.717, 1.165) is 26.5 Å². The zero-order valence-corrected chi connectivity index (χ0v) is 12.9. The second-order valence-electron chi connectivity index (χ2n) is 3.86. The van der Waals surface area contributed by atoms with Crippen molar-refractivity contribution in [2.75, 3.05) is 11.1 Å². The van der Waals surface area contributed by atoms with Crippen LogP contribution in [0.15, 0.2) is 51.8 Å². The largest absolute Gasteiger partial charge is 0.354 e. The number of rotatable bonds is 4. The van der Waals surface area contributed by atoms with E-state index in [2.05, 4.69) is 34.2 Å². The topological polar surface area (TPSA) is 35.8 Å². The molecule has 0 saturated heterocycles. The normalized spacial score (nSPS) is 9.95. The molecule has 19 heavy (non-hydrogen) atoms. The van der Waals surface area contributed by atoms with Crippen LogP contribution in [0, 0.1) is 11.3 Å². The lowest BCUT2D eigenvalue weighted by Gasteiger charge is -2.11. The lowest BCUT2D eigenvalue weighted by Crippen LogP contribution is -1.95. The Morgan fingerprint density at radius 3 is 2.58 bits per heavy atom. The zero-order chi connectivity index (χ0) is 13.7. The molecule has 2 aromatic rings. The first-order valence-electron chi connectivity index (χ1n) is 5.93. The van der Waals surface area contributed by atoms with Crippen molar-refractivity contribution in [3.63, 3.8) is 0 Å². The van der Waals surface area contributed by atoms with Gasteiger partial charge in [-0.1, -0.05) is 28.9 Å². The molecule has 1 N–H and O–H groups in total. The lowest BCUT2D eigenvalue weighted by molar-refractivity contribution is 1.34. The van der Waals surface area contributed by atoms with Gasteiger partial charge in [0.05, 0.1) is 11.3 Å². The van der Waals surface area contributed by atoms with Crippen LogP contribution in [-0.2, 0) is 0 Å². The highest BCUT2D eigenvalue weighted by Crippen LogP contribution is 2.30. The summed E-state index contributed by atoms with van der Waals surface area (Å²) in [6.45, 7) is 2.08. The fourth-order valence-electron chi connectivity index (χ4n) is 1.72. The quantitative estimate of drug-likeness (QED) is 0.784. The van der Waals surface area contributed by atoms with Gasteiger partial charge in [-0.05, 0) is 42.2 Å². The van der Waals surface area contributed by atoms with Gasteiger partial charge in [0.15, 0.2) is 0 Å². The van der Waals surface area contributed by atoms with Crippen molar-refractivity contribution < 1.29 is 0 Å². The molecular formula is C15H13BrN2S. The molecule has 0 saturated carbocycles. The van der Waals surface area contributed by atoms with Gasteiger partial charge in [-0.3, -0.25) is 0 Å². The monoisotopic (exact) mass is 332 g/mol. The van der Waals surface area contributed by atoms with Crippen molar-refractivity contribution in [2.45, 2.75) is 11.8 Å². The molecule has 96 valence electrons. The van der Waals surface area contributed by atoms with E-state index in [0.29, 0.717) is 5.56 Å². The molecule has 0 radical (unpaired) electrons. The summed E-state index contributed by atoms with van der Waals surface area (Å²) in [5, 5.41) is 12.6. The third-order valence-corrected chi connectivity index (χ3v) is 4.03. The number of thioether (sulfide) groups is 1. The Hall–Kier alpha value is -1.44. The Labute approximate surface area is 126 Å². The molecule has 0 bridgehead atoms. The third kappa shape index (κ3) is 3.52. The van der Waals surface area contributed by atoms with E-state index >= 15 is 0 Å². The molecule has 2 aromatic carbocycles. The van der Waals surface area contributed by atoms with Crippen LogP contribution in [0.25, 0.3) is 0 Å². The maximum Gasteiger partial charge on any atom is 0.103 e. The Kier molecular flexibility index (Phi) is 4.89. The Balaban J connectivity index is 2.32. The summed E-state index contributed by atoms with van der Waals surface area (Å²) in [6, 6.07) is 16.1. The van der Waals surface area contributed by atoms with E-state index in [1.807, 2.05) is 42.5 Å². The van der Waals surface area contributed by atoms with Crippen LogP contribution in [0.3, 0.4) is 0 Å². The van der Waals surface area contributed by atoms with Crippen LogP contribution in [0.5, 0.6) is 0 Å². The molecule has 0 aliphatic rings. The standard InChI is InChI=1S/C15H13BrN2S/c1-2-19-15-5-3-4-14(13(15)10-17)18-12-8-6-11(16)7-9-12/h3-9,18H,2H2,1H3. The maximum atomic E-state index is 9.34. The molecular weight excluding hydrogens is 320 g/mol. The van der Waals surface area contributed by atoms with Crippen molar-refractivity contribution >= 4 is 39.1 Å². The van der Waals surface area contributed by atoms with Crippen LogP contribution in [0.4, 0.5) is 11.4 Å². The molecule has 0 amide bonds. The fourth-order valence-corrected chi connectivity index (χ4v) is 2.77. The first-order chi connectivity index (χ1) is 9.24. The third-order valence-electron chi connectivity index (χ3n) is 2.56. The second-order valence-corrected chi connectivity index (χ2v) is 6.08. The molecule has 0 fully saturated rings. The second kappa shape index (κ2) is 6.65. The van der Waals surface area contributed by atoms with Crippen molar-refractivity contribution in [3.8, 4) is 6.07 Å². The van der Waals surface area contributed by atoms with Crippen LogP contribution < -0.4 is 5.32 Å². The van der Waals surface area contributed by atoms with Crippen LogP contribution in [0.2, 0.25) is 0 Å². The molecule has 2 rings (SSSR count). The zero-order valence-electron chi connectivity index (χ0n) is 10.5. The molecule has 0 unspecified atom stereocenters. The number of halogens is 1. The van der Waals surface area contributed by atoms with Gasteiger partial charge in [0.1, 0.15) is 6.07 Å². The van der Waals surface area contributed by atoms with Gasteiger partial charge >= 0.3 is 0 Å². The van der Waals surface area contributed by atoms with Crippen molar-refractivity contribution in [1.29, 1.82) is 5.26 Å². The molecule has 0 spiro atoms. The molecule has 0 aliphatic heterocycles. The Morgan fingerprint density at radius 1 is 1.21 bits per heavy atom. The van der Waals surface area contributed by atoms with E-state index in [1.165, 1.54) is 0 Å². The number of benzene rings is 2. The molecule has 0 atom stereocenters. The smallest absolute Gasteiger partial charge is 0.103 e. The summed E-state index contributed by atoms with van der Waals surface area (Å²) in [5.74, 6) is 0.955. The highest BCUT2D eigenvalue weighted by molar-refractivity contribution is 9.10. The van der Waals surface area contributed by atoms with E-state index in [9.17, 15) is 5.26 Å². The number of nitrogens with one attached hydrogen (secondary N) is 1. The highest BCUT2D eigenvalue weighted by Gasteiger charge is 2.08. The number of hydrogen-bond donors (Lipinski definition) is 1. The average molecular weight is 333 g/mol. The summed E-state index contributed by atoms with van der Waals surface area (Å²) < 4.78 is 1.04.